The number of amides is 1. The molecule has 1 aliphatic rings. The summed E-state index contributed by atoms with van der Waals surface area (Å²) in [6.45, 7) is 2.23. The molecule has 1 unspecified atom stereocenters. The average Bonchev–Trinajstić information content (AvgIpc) is 2.86. The van der Waals surface area contributed by atoms with Gasteiger partial charge in [-0.05, 0) is 34.5 Å². The molecule has 1 saturated heterocycles. The first-order valence-electron chi connectivity index (χ1n) is 5.42. The van der Waals surface area contributed by atoms with Gasteiger partial charge in [-0.2, -0.15) is 4.31 Å². The van der Waals surface area contributed by atoms with Crippen LogP contribution in [0.4, 0.5) is 0 Å². The van der Waals surface area contributed by atoms with E-state index in [1.54, 1.807) is 12.1 Å². The fourth-order valence-corrected chi connectivity index (χ4v) is 5.58. The number of nitrogens with one attached hydrogen (secondary N) is 1. The van der Waals surface area contributed by atoms with Crippen molar-refractivity contribution in [3.05, 3.63) is 15.9 Å². The third-order valence-corrected chi connectivity index (χ3v) is 6.66. The van der Waals surface area contributed by atoms with Gasteiger partial charge in [0.1, 0.15) is 4.21 Å². The number of halogens is 1. The van der Waals surface area contributed by atoms with Crippen molar-refractivity contribution in [1.82, 2.24) is 9.62 Å². The number of hydrogen-bond donors (Lipinski definition) is 1. The zero-order valence-electron chi connectivity index (χ0n) is 9.72. The first-order chi connectivity index (χ1) is 8.39. The van der Waals surface area contributed by atoms with Crippen LogP contribution in [0.25, 0.3) is 0 Å². The molecule has 18 heavy (non-hydrogen) atoms. The Hall–Kier alpha value is -0.440. The Morgan fingerprint density at radius 1 is 1.56 bits per heavy atom. The highest BCUT2D eigenvalue weighted by Gasteiger charge is 2.33. The van der Waals surface area contributed by atoms with Crippen molar-refractivity contribution in [2.45, 2.75) is 23.6 Å². The molecule has 1 amide bonds. The highest BCUT2D eigenvalue weighted by Crippen LogP contribution is 2.30. The van der Waals surface area contributed by atoms with Gasteiger partial charge in [-0.3, -0.25) is 4.79 Å². The van der Waals surface area contributed by atoms with Gasteiger partial charge < -0.3 is 5.32 Å². The maximum atomic E-state index is 12.3. The molecular formula is C10H13BrN2O3S2. The monoisotopic (exact) mass is 352 g/mol. The van der Waals surface area contributed by atoms with E-state index < -0.39 is 10.0 Å². The van der Waals surface area contributed by atoms with E-state index in [0.29, 0.717) is 23.7 Å². The number of hydrogen-bond acceptors (Lipinski definition) is 4. The third kappa shape index (κ3) is 2.93. The van der Waals surface area contributed by atoms with Crippen molar-refractivity contribution in [2.24, 2.45) is 0 Å². The van der Waals surface area contributed by atoms with Gasteiger partial charge in [0, 0.05) is 26.1 Å². The van der Waals surface area contributed by atoms with Crippen LogP contribution in [-0.2, 0) is 14.8 Å². The summed E-state index contributed by atoms with van der Waals surface area (Å²) in [4.78, 5) is 10.9. The van der Waals surface area contributed by atoms with Gasteiger partial charge >= 0.3 is 0 Å². The van der Waals surface area contributed by atoms with Crippen molar-refractivity contribution in [2.75, 3.05) is 13.1 Å². The number of sulfonamides is 1. The van der Waals surface area contributed by atoms with Gasteiger partial charge in [-0.15, -0.1) is 11.3 Å². The minimum atomic E-state index is -3.42. The maximum absolute atomic E-state index is 12.3. The summed E-state index contributed by atoms with van der Waals surface area (Å²) >= 11 is 4.45. The number of nitrogens with zero attached hydrogens (tertiary/aromatic N) is 1. The van der Waals surface area contributed by atoms with E-state index >= 15 is 0 Å². The molecule has 1 aromatic rings. The molecule has 1 N–H and O–H groups in total. The Kier molecular flexibility index (Phi) is 4.10. The largest absolute Gasteiger partial charge is 0.352 e. The summed E-state index contributed by atoms with van der Waals surface area (Å²) in [5.41, 5.74) is 0. The standard InChI is InChI=1S/C10H13BrN2O3S2/c1-7(14)12-8-4-5-13(6-8)18(15,16)10-3-2-9(11)17-10/h2-3,8H,4-6H2,1H3,(H,12,14). The minimum absolute atomic E-state index is 0.0827. The van der Waals surface area contributed by atoms with Crippen LogP contribution in [-0.4, -0.2) is 37.8 Å². The van der Waals surface area contributed by atoms with Crippen molar-refractivity contribution < 1.29 is 13.2 Å². The van der Waals surface area contributed by atoms with Crippen LogP contribution in [0.5, 0.6) is 0 Å². The predicted octanol–water partition coefficient (Wildman–Crippen LogP) is 1.41. The first kappa shape index (κ1) is 14.0. The first-order valence-corrected chi connectivity index (χ1v) is 8.47. The lowest BCUT2D eigenvalue weighted by Crippen LogP contribution is -2.37. The Labute approximate surface area is 118 Å². The van der Waals surface area contributed by atoms with E-state index in [1.165, 1.54) is 22.6 Å². The molecule has 0 radical (unpaired) electrons. The topological polar surface area (TPSA) is 66.5 Å². The Morgan fingerprint density at radius 2 is 2.28 bits per heavy atom. The molecule has 0 saturated carbocycles. The van der Waals surface area contributed by atoms with Crippen LogP contribution in [0.15, 0.2) is 20.1 Å². The fraction of sp³-hybridized carbons (Fsp3) is 0.500. The molecule has 1 atom stereocenters. The van der Waals surface area contributed by atoms with Crippen LogP contribution >= 0.6 is 27.3 Å². The second-order valence-electron chi connectivity index (χ2n) is 4.11. The van der Waals surface area contributed by atoms with E-state index in [1.807, 2.05) is 0 Å². The lowest BCUT2D eigenvalue weighted by atomic mass is 10.3. The molecule has 0 aromatic carbocycles. The molecule has 2 rings (SSSR count). The quantitative estimate of drug-likeness (QED) is 0.894. The average molecular weight is 353 g/mol. The molecule has 1 aliphatic heterocycles. The van der Waals surface area contributed by atoms with Crippen molar-refractivity contribution in [3.63, 3.8) is 0 Å². The molecule has 0 bridgehead atoms. The lowest BCUT2D eigenvalue weighted by Gasteiger charge is -2.15. The molecule has 1 fully saturated rings. The minimum Gasteiger partial charge on any atom is -0.352 e. The smallest absolute Gasteiger partial charge is 0.252 e. The number of rotatable bonds is 3. The Balaban J connectivity index is 2.11. The number of carbonyl (C=O) groups excluding carboxylic acids is 1. The van der Waals surface area contributed by atoms with Crippen molar-refractivity contribution in [1.29, 1.82) is 0 Å². The second-order valence-corrected chi connectivity index (χ2v) is 8.74. The summed E-state index contributed by atoms with van der Waals surface area (Å²) < 4.78 is 27.1. The summed E-state index contributed by atoms with van der Waals surface area (Å²) in [7, 11) is -3.42. The fourth-order valence-electron chi connectivity index (χ4n) is 1.92. The predicted molar refractivity (Wildman–Crippen MR) is 73.0 cm³/mol. The maximum Gasteiger partial charge on any atom is 0.252 e. The molecule has 0 spiro atoms. The number of carbonyl (C=O) groups is 1. The second kappa shape index (κ2) is 5.28. The Morgan fingerprint density at radius 3 is 2.83 bits per heavy atom. The zero-order valence-corrected chi connectivity index (χ0v) is 12.9. The highest BCUT2D eigenvalue weighted by molar-refractivity contribution is 9.11. The van der Waals surface area contributed by atoms with E-state index in [0.717, 1.165) is 3.79 Å². The molecule has 5 nitrogen and oxygen atoms in total. The van der Waals surface area contributed by atoms with Crippen molar-refractivity contribution >= 4 is 43.2 Å². The normalized spacial score (nSPS) is 21.1. The van der Waals surface area contributed by atoms with Crippen LogP contribution in [0.2, 0.25) is 0 Å². The van der Waals surface area contributed by atoms with Crippen molar-refractivity contribution in [3.8, 4) is 0 Å². The van der Waals surface area contributed by atoms with Gasteiger partial charge in [0.05, 0.1) is 3.79 Å². The molecule has 0 aliphatic carbocycles. The zero-order chi connectivity index (χ0) is 13.3. The molecule has 100 valence electrons. The summed E-state index contributed by atoms with van der Waals surface area (Å²) in [6, 6.07) is 3.23. The van der Waals surface area contributed by atoms with Crippen LogP contribution < -0.4 is 5.32 Å². The van der Waals surface area contributed by atoms with Crippen LogP contribution in [0.1, 0.15) is 13.3 Å². The molecular weight excluding hydrogens is 340 g/mol. The number of thiophene rings is 1. The summed E-state index contributed by atoms with van der Waals surface area (Å²) in [5, 5.41) is 2.75. The van der Waals surface area contributed by atoms with Crippen LogP contribution in [0, 0.1) is 0 Å². The van der Waals surface area contributed by atoms with E-state index in [-0.39, 0.29) is 11.9 Å². The van der Waals surface area contributed by atoms with E-state index in [4.69, 9.17) is 0 Å². The van der Waals surface area contributed by atoms with Gasteiger partial charge in [-0.25, -0.2) is 8.42 Å². The van der Waals surface area contributed by atoms with Gasteiger partial charge in [0.25, 0.3) is 10.0 Å². The molecule has 1 aromatic heterocycles. The van der Waals surface area contributed by atoms with Gasteiger partial charge in [-0.1, -0.05) is 0 Å². The van der Waals surface area contributed by atoms with E-state index in [9.17, 15) is 13.2 Å². The van der Waals surface area contributed by atoms with E-state index in [2.05, 4.69) is 21.2 Å². The molecule has 2 heterocycles. The van der Waals surface area contributed by atoms with Crippen LogP contribution in [0.3, 0.4) is 0 Å². The third-order valence-electron chi connectivity index (χ3n) is 2.70. The molecule has 8 heteroatoms. The summed E-state index contributed by atoms with van der Waals surface area (Å²) in [6.07, 6.45) is 0.658. The van der Waals surface area contributed by atoms with Gasteiger partial charge in [0.15, 0.2) is 0 Å². The Bertz CT molecular complexity index is 555. The summed E-state index contributed by atoms with van der Waals surface area (Å²) in [5.74, 6) is -0.127. The highest BCUT2D eigenvalue weighted by atomic mass is 79.9. The lowest BCUT2D eigenvalue weighted by molar-refractivity contribution is -0.119. The SMILES string of the molecule is CC(=O)NC1CCN(S(=O)(=O)c2ccc(Br)s2)C1. The van der Waals surface area contributed by atoms with Gasteiger partial charge in [0.2, 0.25) is 5.91 Å².